The molecule has 0 bridgehead atoms. The van der Waals surface area contributed by atoms with E-state index < -0.39 is 12.1 Å². The SMILES string of the molecule is O=C(O)CCN1CCCCC[C@H]1C[C@H](O)c1ccccc1. The summed E-state index contributed by atoms with van der Waals surface area (Å²) in [5.74, 6) is -0.749. The molecular weight excluding hydrogens is 266 g/mol. The van der Waals surface area contributed by atoms with Gasteiger partial charge in [0.1, 0.15) is 0 Å². The Labute approximate surface area is 126 Å². The molecule has 4 heteroatoms. The molecule has 1 aromatic carbocycles. The molecule has 1 heterocycles. The number of aliphatic hydroxyl groups is 1. The van der Waals surface area contributed by atoms with Crippen LogP contribution in [0.2, 0.25) is 0 Å². The van der Waals surface area contributed by atoms with Crippen LogP contribution in [0, 0.1) is 0 Å². The van der Waals surface area contributed by atoms with Crippen LogP contribution in [0.5, 0.6) is 0 Å². The van der Waals surface area contributed by atoms with Gasteiger partial charge in [-0.3, -0.25) is 9.69 Å². The van der Waals surface area contributed by atoms with E-state index in [1.165, 1.54) is 6.42 Å². The molecule has 0 saturated carbocycles. The number of likely N-dealkylation sites (tertiary alicyclic amines) is 1. The summed E-state index contributed by atoms with van der Waals surface area (Å²) < 4.78 is 0. The van der Waals surface area contributed by atoms with Crippen molar-refractivity contribution in [3.8, 4) is 0 Å². The Hall–Kier alpha value is -1.39. The molecule has 2 N–H and O–H groups in total. The van der Waals surface area contributed by atoms with E-state index in [0.29, 0.717) is 13.0 Å². The van der Waals surface area contributed by atoms with Crippen molar-refractivity contribution in [2.24, 2.45) is 0 Å². The molecule has 0 amide bonds. The van der Waals surface area contributed by atoms with E-state index in [1.807, 2.05) is 30.3 Å². The summed E-state index contributed by atoms with van der Waals surface area (Å²) >= 11 is 0. The molecule has 0 spiro atoms. The van der Waals surface area contributed by atoms with Crippen LogP contribution in [0.4, 0.5) is 0 Å². The fourth-order valence-electron chi connectivity index (χ4n) is 3.11. The number of aliphatic carboxylic acids is 1. The van der Waals surface area contributed by atoms with Crippen molar-refractivity contribution >= 4 is 5.97 Å². The van der Waals surface area contributed by atoms with Gasteiger partial charge in [-0.15, -0.1) is 0 Å². The fraction of sp³-hybridized carbons (Fsp3) is 0.588. The van der Waals surface area contributed by atoms with Gasteiger partial charge in [0.05, 0.1) is 12.5 Å². The molecule has 1 fully saturated rings. The molecule has 0 radical (unpaired) electrons. The first kappa shape index (κ1) is 16.0. The summed E-state index contributed by atoms with van der Waals surface area (Å²) in [5.41, 5.74) is 0.944. The maximum absolute atomic E-state index is 10.8. The molecule has 2 atom stereocenters. The summed E-state index contributed by atoms with van der Waals surface area (Å²) in [6.07, 6.45) is 4.92. The minimum Gasteiger partial charge on any atom is -0.481 e. The number of benzene rings is 1. The highest BCUT2D eigenvalue weighted by atomic mass is 16.4. The molecule has 1 saturated heterocycles. The highest BCUT2D eigenvalue weighted by Crippen LogP contribution is 2.26. The summed E-state index contributed by atoms with van der Waals surface area (Å²) in [6.45, 7) is 1.53. The summed E-state index contributed by atoms with van der Waals surface area (Å²) in [4.78, 5) is 13.1. The van der Waals surface area contributed by atoms with Gasteiger partial charge in [-0.25, -0.2) is 0 Å². The van der Waals surface area contributed by atoms with Gasteiger partial charge in [0, 0.05) is 12.6 Å². The number of hydrogen-bond acceptors (Lipinski definition) is 3. The molecular formula is C17H25NO3. The van der Waals surface area contributed by atoms with Crippen LogP contribution >= 0.6 is 0 Å². The average molecular weight is 291 g/mol. The van der Waals surface area contributed by atoms with Crippen molar-refractivity contribution in [1.82, 2.24) is 4.90 Å². The summed E-state index contributed by atoms with van der Waals surface area (Å²) in [7, 11) is 0. The van der Waals surface area contributed by atoms with E-state index >= 15 is 0 Å². The molecule has 116 valence electrons. The number of aliphatic hydroxyl groups excluding tert-OH is 1. The lowest BCUT2D eigenvalue weighted by Gasteiger charge is -2.31. The third kappa shape index (κ3) is 5.14. The average Bonchev–Trinajstić information content (AvgIpc) is 2.71. The van der Waals surface area contributed by atoms with Crippen molar-refractivity contribution < 1.29 is 15.0 Å². The molecule has 1 aliphatic rings. The Morgan fingerprint density at radius 2 is 2.00 bits per heavy atom. The molecule has 2 rings (SSSR count). The first-order valence-corrected chi connectivity index (χ1v) is 7.85. The van der Waals surface area contributed by atoms with Crippen LogP contribution < -0.4 is 0 Å². The zero-order chi connectivity index (χ0) is 15.1. The van der Waals surface area contributed by atoms with Gasteiger partial charge in [-0.05, 0) is 31.4 Å². The minimum atomic E-state index is -0.749. The van der Waals surface area contributed by atoms with E-state index in [4.69, 9.17) is 5.11 Å². The van der Waals surface area contributed by atoms with Crippen LogP contribution in [0.3, 0.4) is 0 Å². The van der Waals surface area contributed by atoms with Gasteiger partial charge >= 0.3 is 5.97 Å². The van der Waals surface area contributed by atoms with Gasteiger partial charge in [0.25, 0.3) is 0 Å². The molecule has 0 aromatic heterocycles. The molecule has 21 heavy (non-hydrogen) atoms. The fourth-order valence-corrected chi connectivity index (χ4v) is 3.11. The molecule has 1 aromatic rings. The first-order valence-electron chi connectivity index (χ1n) is 7.85. The quantitative estimate of drug-likeness (QED) is 0.846. The monoisotopic (exact) mass is 291 g/mol. The smallest absolute Gasteiger partial charge is 0.304 e. The van der Waals surface area contributed by atoms with Gasteiger partial charge in [0.2, 0.25) is 0 Å². The number of carbonyl (C=O) groups is 1. The topological polar surface area (TPSA) is 60.8 Å². The maximum Gasteiger partial charge on any atom is 0.304 e. The van der Waals surface area contributed by atoms with E-state index in [1.54, 1.807) is 0 Å². The third-order valence-corrected chi connectivity index (χ3v) is 4.29. The number of nitrogens with zero attached hydrogens (tertiary/aromatic N) is 1. The number of carboxylic acid groups (broad SMARTS) is 1. The highest BCUT2D eigenvalue weighted by Gasteiger charge is 2.24. The summed E-state index contributed by atoms with van der Waals surface area (Å²) in [5, 5.41) is 19.3. The standard InChI is InChI=1S/C17H25NO3/c19-16(14-7-3-1-4-8-14)13-15-9-5-2-6-11-18(15)12-10-17(20)21/h1,3-4,7-8,15-16,19H,2,5-6,9-13H2,(H,20,21)/t15-,16-/m0/s1. The second kappa shape index (κ2) is 8.15. The predicted octanol–water partition coefficient (Wildman–Crippen LogP) is 2.83. The lowest BCUT2D eigenvalue weighted by Crippen LogP contribution is -2.37. The molecule has 1 aliphatic heterocycles. The van der Waals surface area contributed by atoms with E-state index in [-0.39, 0.29) is 12.5 Å². The zero-order valence-electron chi connectivity index (χ0n) is 12.4. The van der Waals surface area contributed by atoms with E-state index in [0.717, 1.165) is 31.4 Å². The van der Waals surface area contributed by atoms with E-state index in [9.17, 15) is 9.90 Å². The van der Waals surface area contributed by atoms with Gasteiger partial charge in [0.15, 0.2) is 0 Å². The maximum atomic E-state index is 10.8. The minimum absolute atomic E-state index is 0.179. The molecule has 0 unspecified atom stereocenters. The largest absolute Gasteiger partial charge is 0.481 e. The Balaban J connectivity index is 1.97. The van der Waals surface area contributed by atoms with Crippen molar-refractivity contribution in [2.45, 2.75) is 50.7 Å². The van der Waals surface area contributed by atoms with Crippen LogP contribution in [-0.2, 0) is 4.79 Å². The van der Waals surface area contributed by atoms with Crippen LogP contribution in [0.1, 0.15) is 50.2 Å². The first-order chi connectivity index (χ1) is 10.2. The number of rotatable bonds is 6. The number of carboxylic acids is 1. The zero-order valence-corrected chi connectivity index (χ0v) is 12.4. The Kier molecular flexibility index (Phi) is 6.21. The third-order valence-electron chi connectivity index (χ3n) is 4.29. The molecule has 4 nitrogen and oxygen atoms in total. The normalized spacial score (nSPS) is 21.7. The van der Waals surface area contributed by atoms with Crippen LogP contribution in [0.15, 0.2) is 30.3 Å². The van der Waals surface area contributed by atoms with Crippen molar-refractivity contribution in [1.29, 1.82) is 0 Å². The lowest BCUT2D eigenvalue weighted by molar-refractivity contribution is -0.137. The van der Waals surface area contributed by atoms with Gasteiger partial charge < -0.3 is 10.2 Å². The molecule has 0 aliphatic carbocycles. The lowest BCUT2D eigenvalue weighted by atomic mass is 9.98. The van der Waals surface area contributed by atoms with Crippen molar-refractivity contribution in [3.05, 3.63) is 35.9 Å². The Bertz CT molecular complexity index is 435. The number of hydrogen-bond donors (Lipinski definition) is 2. The second-order valence-corrected chi connectivity index (χ2v) is 5.85. The highest BCUT2D eigenvalue weighted by molar-refractivity contribution is 5.66. The Morgan fingerprint density at radius 3 is 2.71 bits per heavy atom. The van der Waals surface area contributed by atoms with Crippen LogP contribution in [0.25, 0.3) is 0 Å². The summed E-state index contributed by atoms with van der Waals surface area (Å²) in [6, 6.07) is 10.00. The van der Waals surface area contributed by atoms with Crippen LogP contribution in [-0.4, -0.2) is 40.2 Å². The van der Waals surface area contributed by atoms with Crippen molar-refractivity contribution in [3.63, 3.8) is 0 Å². The van der Waals surface area contributed by atoms with Gasteiger partial charge in [-0.1, -0.05) is 43.2 Å². The van der Waals surface area contributed by atoms with E-state index in [2.05, 4.69) is 4.90 Å². The Morgan fingerprint density at radius 1 is 1.24 bits per heavy atom. The predicted molar refractivity (Wildman–Crippen MR) is 82.1 cm³/mol. The van der Waals surface area contributed by atoms with Crippen molar-refractivity contribution in [2.75, 3.05) is 13.1 Å². The second-order valence-electron chi connectivity index (χ2n) is 5.85. The van der Waals surface area contributed by atoms with Gasteiger partial charge in [-0.2, -0.15) is 0 Å².